The Balaban J connectivity index is 2.53. The molecule has 2 N–H and O–H groups in total. The van der Waals surface area contributed by atoms with Crippen molar-refractivity contribution in [2.45, 2.75) is 104 Å². The lowest BCUT2D eigenvalue weighted by atomic mass is 9.77. The van der Waals surface area contributed by atoms with Gasteiger partial charge in [-0.1, -0.05) is 97.0 Å². The summed E-state index contributed by atoms with van der Waals surface area (Å²) in [6.07, 6.45) is 8.68. The van der Waals surface area contributed by atoms with E-state index in [-0.39, 0.29) is 11.5 Å². The van der Waals surface area contributed by atoms with Crippen molar-refractivity contribution in [2.75, 3.05) is 0 Å². The Morgan fingerprint density at radius 2 is 1.48 bits per heavy atom. The third kappa shape index (κ3) is 6.56. The van der Waals surface area contributed by atoms with Crippen LogP contribution in [0.2, 0.25) is 0 Å². The number of hydrogen-bond acceptors (Lipinski definition) is 1. The van der Waals surface area contributed by atoms with Crippen molar-refractivity contribution in [2.24, 2.45) is 5.73 Å². The highest BCUT2D eigenvalue weighted by molar-refractivity contribution is 5.45. The predicted molar refractivity (Wildman–Crippen MR) is 138 cm³/mol. The average molecular weight is 420 g/mol. The SMILES string of the molecule is C/C=C\CCCc1cccc(C(C)(C)C)c1C(N)Cc1c(C(C)C)cccc1C(C)C. The molecule has 170 valence electrons. The topological polar surface area (TPSA) is 26.0 Å². The van der Waals surface area contributed by atoms with Crippen LogP contribution in [-0.4, -0.2) is 0 Å². The molecular weight excluding hydrogens is 374 g/mol. The van der Waals surface area contributed by atoms with Gasteiger partial charge in [0.15, 0.2) is 0 Å². The summed E-state index contributed by atoms with van der Waals surface area (Å²) in [5, 5.41) is 0. The lowest BCUT2D eigenvalue weighted by Crippen LogP contribution is -2.24. The summed E-state index contributed by atoms with van der Waals surface area (Å²) in [5.41, 5.74) is 15.7. The Bertz CT molecular complexity index is 838. The smallest absolute Gasteiger partial charge is 0.0341 e. The van der Waals surface area contributed by atoms with Crippen molar-refractivity contribution >= 4 is 0 Å². The Labute approximate surface area is 192 Å². The second-order valence-corrected chi connectivity index (χ2v) is 10.6. The first kappa shape index (κ1) is 25.4. The molecule has 2 rings (SSSR count). The molecule has 1 heteroatoms. The van der Waals surface area contributed by atoms with Crippen LogP contribution in [0.3, 0.4) is 0 Å². The maximum absolute atomic E-state index is 7.08. The quantitative estimate of drug-likeness (QED) is 0.320. The van der Waals surface area contributed by atoms with Gasteiger partial charge in [0.05, 0.1) is 0 Å². The van der Waals surface area contributed by atoms with Crippen LogP contribution in [0.25, 0.3) is 0 Å². The molecule has 0 spiro atoms. The Kier molecular flexibility index (Phi) is 9.13. The van der Waals surface area contributed by atoms with Gasteiger partial charge in [-0.2, -0.15) is 0 Å². The summed E-state index contributed by atoms with van der Waals surface area (Å²) in [4.78, 5) is 0. The molecule has 0 radical (unpaired) electrons. The number of aryl methyl sites for hydroxylation is 1. The number of hydrogen-bond donors (Lipinski definition) is 1. The number of rotatable bonds is 9. The fourth-order valence-electron chi connectivity index (χ4n) is 4.76. The molecule has 1 atom stereocenters. The van der Waals surface area contributed by atoms with Gasteiger partial charge >= 0.3 is 0 Å². The molecule has 2 aromatic carbocycles. The van der Waals surface area contributed by atoms with Crippen molar-refractivity contribution < 1.29 is 0 Å². The van der Waals surface area contributed by atoms with Crippen molar-refractivity contribution in [3.05, 3.63) is 81.9 Å². The third-order valence-corrected chi connectivity index (χ3v) is 6.34. The molecule has 0 saturated carbocycles. The molecular formula is C30H45N. The normalized spacial score (nSPS) is 13.5. The van der Waals surface area contributed by atoms with Crippen LogP contribution in [-0.2, 0) is 18.3 Å². The molecule has 1 unspecified atom stereocenters. The first-order chi connectivity index (χ1) is 14.6. The molecule has 0 aliphatic rings. The molecule has 31 heavy (non-hydrogen) atoms. The fraction of sp³-hybridized carbons (Fsp3) is 0.533. The van der Waals surface area contributed by atoms with Gasteiger partial charge in [0, 0.05) is 6.04 Å². The highest BCUT2D eigenvalue weighted by Crippen LogP contribution is 2.36. The number of unbranched alkanes of at least 4 members (excludes halogenated alkanes) is 1. The second-order valence-electron chi connectivity index (χ2n) is 10.6. The van der Waals surface area contributed by atoms with E-state index in [1.807, 2.05) is 0 Å². The van der Waals surface area contributed by atoms with E-state index in [4.69, 9.17) is 5.73 Å². The van der Waals surface area contributed by atoms with E-state index in [0.717, 1.165) is 25.7 Å². The Hall–Kier alpha value is -1.86. The zero-order valence-electron chi connectivity index (χ0n) is 21.3. The van der Waals surface area contributed by atoms with Gasteiger partial charge in [0.25, 0.3) is 0 Å². The van der Waals surface area contributed by atoms with Crippen LogP contribution in [0.4, 0.5) is 0 Å². The van der Waals surface area contributed by atoms with Crippen molar-refractivity contribution in [1.29, 1.82) is 0 Å². The fourth-order valence-corrected chi connectivity index (χ4v) is 4.76. The van der Waals surface area contributed by atoms with E-state index in [0.29, 0.717) is 11.8 Å². The Morgan fingerprint density at radius 3 is 2.00 bits per heavy atom. The minimum atomic E-state index is 0.00421. The molecule has 0 aliphatic heterocycles. The molecule has 0 bridgehead atoms. The van der Waals surface area contributed by atoms with E-state index in [9.17, 15) is 0 Å². The lowest BCUT2D eigenvalue weighted by Gasteiger charge is -2.30. The van der Waals surface area contributed by atoms with Crippen molar-refractivity contribution in [3.63, 3.8) is 0 Å². The highest BCUT2D eigenvalue weighted by Gasteiger charge is 2.25. The van der Waals surface area contributed by atoms with Gasteiger partial charge in [-0.15, -0.1) is 0 Å². The zero-order valence-corrected chi connectivity index (χ0v) is 21.3. The number of allylic oxidation sites excluding steroid dienone is 2. The second kappa shape index (κ2) is 11.1. The van der Waals surface area contributed by atoms with Crippen LogP contribution in [0.5, 0.6) is 0 Å². The van der Waals surface area contributed by atoms with Gasteiger partial charge in [0.2, 0.25) is 0 Å². The summed E-state index contributed by atoms with van der Waals surface area (Å²) in [5.74, 6) is 0.998. The highest BCUT2D eigenvalue weighted by atomic mass is 14.6. The first-order valence-electron chi connectivity index (χ1n) is 12.2. The van der Waals surface area contributed by atoms with Crippen LogP contribution in [0, 0.1) is 0 Å². The number of benzene rings is 2. The molecule has 0 fully saturated rings. The molecule has 0 heterocycles. The lowest BCUT2D eigenvalue weighted by molar-refractivity contribution is 0.563. The van der Waals surface area contributed by atoms with Crippen molar-refractivity contribution in [3.8, 4) is 0 Å². The summed E-state index contributed by atoms with van der Waals surface area (Å²) in [7, 11) is 0. The molecule has 0 aliphatic carbocycles. The molecule has 1 nitrogen and oxygen atoms in total. The maximum Gasteiger partial charge on any atom is 0.0341 e. The summed E-state index contributed by atoms with van der Waals surface area (Å²) < 4.78 is 0. The predicted octanol–water partition coefficient (Wildman–Crippen LogP) is 8.37. The van der Waals surface area contributed by atoms with Crippen LogP contribution < -0.4 is 5.73 Å². The standard InChI is InChI=1S/C30H45N/c1-9-10-11-12-15-23-16-13-19-27(30(6,7)8)29(23)28(31)20-26-24(21(2)3)17-14-18-25(26)22(4)5/h9-10,13-14,16-19,21-22,28H,11-12,15,20,31H2,1-8H3/b10-9-. The maximum atomic E-state index is 7.08. The zero-order chi connectivity index (χ0) is 23.2. The van der Waals surface area contributed by atoms with Crippen LogP contribution in [0.15, 0.2) is 48.6 Å². The molecule has 0 amide bonds. The largest absolute Gasteiger partial charge is 0.324 e. The van der Waals surface area contributed by atoms with Crippen molar-refractivity contribution in [1.82, 2.24) is 0 Å². The van der Waals surface area contributed by atoms with E-state index >= 15 is 0 Å². The Morgan fingerprint density at radius 1 is 0.903 bits per heavy atom. The van der Waals surface area contributed by atoms with Gasteiger partial charge in [0.1, 0.15) is 0 Å². The van der Waals surface area contributed by atoms with Gasteiger partial charge in [-0.25, -0.2) is 0 Å². The minimum absolute atomic E-state index is 0.00421. The van der Waals surface area contributed by atoms with Crippen LogP contribution >= 0.6 is 0 Å². The van der Waals surface area contributed by atoms with Gasteiger partial charge < -0.3 is 5.73 Å². The first-order valence-corrected chi connectivity index (χ1v) is 12.2. The average Bonchev–Trinajstić information content (AvgIpc) is 2.70. The van der Waals surface area contributed by atoms with E-state index in [1.54, 1.807) is 0 Å². The minimum Gasteiger partial charge on any atom is -0.324 e. The summed E-state index contributed by atoms with van der Waals surface area (Å²) in [6, 6.07) is 13.6. The molecule has 2 aromatic rings. The van der Waals surface area contributed by atoms with E-state index in [2.05, 4.69) is 104 Å². The van der Waals surface area contributed by atoms with E-state index < -0.39 is 0 Å². The van der Waals surface area contributed by atoms with Gasteiger partial charge in [-0.05, 0) is 83.2 Å². The van der Waals surface area contributed by atoms with E-state index in [1.165, 1.54) is 33.4 Å². The molecule has 0 saturated heterocycles. The van der Waals surface area contributed by atoms with Crippen LogP contribution in [0.1, 0.15) is 119 Å². The molecule has 0 aromatic heterocycles. The summed E-state index contributed by atoms with van der Waals surface area (Å²) >= 11 is 0. The monoisotopic (exact) mass is 419 g/mol. The summed E-state index contributed by atoms with van der Waals surface area (Å²) in [6.45, 7) is 18.2. The van der Waals surface area contributed by atoms with Gasteiger partial charge in [-0.3, -0.25) is 0 Å². The number of nitrogens with two attached hydrogens (primary N) is 1. The third-order valence-electron chi connectivity index (χ3n) is 6.34.